The monoisotopic (exact) mass is 604 g/mol. The molecule has 0 saturated heterocycles. The molecule has 0 unspecified atom stereocenters. The highest BCUT2D eigenvalue weighted by atomic mass is 32.1. The van der Waals surface area contributed by atoms with Crippen LogP contribution in [0, 0.1) is 5.82 Å². The lowest BCUT2D eigenvalue weighted by molar-refractivity contribution is -0.113. The number of allylic oxidation sites excluding steroid dienone is 1. The van der Waals surface area contributed by atoms with Gasteiger partial charge in [-0.2, -0.15) is 0 Å². The minimum absolute atomic E-state index is 0.217. The quantitative estimate of drug-likeness (QED) is 0.251. The van der Waals surface area contributed by atoms with Crippen molar-refractivity contribution < 1.29 is 9.18 Å². The van der Waals surface area contributed by atoms with Gasteiger partial charge in [-0.15, -0.1) is 11.3 Å². The van der Waals surface area contributed by atoms with Gasteiger partial charge in [0.25, 0.3) is 11.5 Å². The third-order valence-electron chi connectivity index (χ3n) is 7.52. The number of nitrogens with one attached hydrogen (secondary N) is 1. The number of benzene rings is 3. The highest BCUT2D eigenvalue weighted by Crippen LogP contribution is 2.33. The number of thiophene rings is 1. The molecule has 0 bridgehead atoms. The fourth-order valence-corrected chi connectivity index (χ4v) is 7.38. The van der Waals surface area contributed by atoms with E-state index in [1.165, 1.54) is 28.7 Å². The topological polar surface area (TPSA) is 68.4 Å². The number of anilines is 1. The molecule has 3 aromatic carbocycles. The predicted octanol–water partition coefficient (Wildman–Crippen LogP) is 6.08. The molecule has 0 aliphatic carbocycles. The van der Waals surface area contributed by atoms with Gasteiger partial charge in [-0.1, -0.05) is 72.0 Å². The number of halogens is 1. The molecular weight excluding hydrogens is 580 g/mol. The number of carbonyl (C=O) groups excluding carboxylic acids is 1. The van der Waals surface area contributed by atoms with Gasteiger partial charge in [0.15, 0.2) is 4.80 Å². The number of aromatic nitrogens is 2. The third kappa shape index (κ3) is 4.96. The second-order valence-electron chi connectivity index (χ2n) is 10.2. The first-order chi connectivity index (χ1) is 21.0. The Morgan fingerprint density at radius 2 is 1.77 bits per heavy atom. The van der Waals surface area contributed by atoms with Gasteiger partial charge < -0.3 is 9.88 Å². The Hall–Kier alpha value is -4.86. The van der Waals surface area contributed by atoms with E-state index in [1.807, 2.05) is 102 Å². The molecule has 7 rings (SSSR count). The molecule has 0 fully saturated rings. The van der Waals surface area contributed by atoms with E-state index in [-0.39, 0.29) is 17.3 Å². The molecule has 212 valence electrons. The second-order valence-corrected chi connectivity index (χ2v) is 12.2. The number of fused-ring (bicyclic) bond motifs is 2. The molecule has 1 amide bonds. The zero-order valence-corrected chi connectivity index (χ0v) is 24.7. The van der Waals surface area contributed by atoms with Crippen molar-refractivity contribution in [2.24, 2.45) is 4.99 Å². The van der Waals surface area contributed by atoms with Crippen LogP contribution in [0.2, 0.25) is 0 Å². The van der Waals surface area contributed by atoms with Gasteiger partial charge in [-0.25, -0.2) is 9.38 Å². The van der Waals surface area contributed by atoms with Crippen LogP contribution in [0.5, 0.6) is 0 Å². The van der Waals surface area contributed by atoms with E-state index in [0.29, 0.717) is 38.4 Å². The van der Waals surface area contributed by atoms with Gasteiger partial charge in [-0.3, -0.25) is 14.2 Å². The number of amides is 1. The lowest BCUT2D eigenvalue weighted by Gasteiger charge is -2.24. The first kappa shape index (κ1) is 27.0. The minimum atomic E-state index is -0.607. The van der Waals surface area contributed by atoms with Gasteiger partial charge in [0, 0.05) is 38.8 Å². The number of rotatable bonds is 6. The van der Waals surface area contributed by atoms with Crippen LogP contribution in [0.4, 0.5) is 10.1 Å². The van der Waals surface area contributed by atoms with E-state index in [4.69, 9.17) is 4.99 Å². The molecule has 1 N–H and O–H groups in total. The molecule has 0 spiro atoms. The van der Waals surface area contributed by atoms with Crippen molar-refractivity contribution in [3.05, 3.63) is 155 Å². The van der Waals surface area contributed by atoms with Crippen molar-refractivity contribution in [3.8, 4) is 0 Å². The Bertz CT molecular complexity index is 2210. The zero-order valence-electron chi connectivity index (χ0n) is 23.0. The Labute approximate surface area is 254 Å². The normalized spacial score (nSPS) is 15.0. The van der Waals surface area contributed by atoms with Crippen molar-refractivity contribution in [2.75, 3.05) is 5.32 Å². The standard InChI is InChI=1S/C34H25FN4O2S2/c1-21-30(32(40)37-24-11-3-2-4-12-24)31(28-16-9-17-42-28)39-33(41)29(43-34(39)36-21)18-23-20-38(27-15-8-6-13-25(23)27)19-22-10-5-7-14-26(22)35/h2-18,20,31H,19H2,1H3,(H,37,40)/b29-18-/t31-/m0/s1. The van der Waals surface area contributed by atoms with Crippen molar-refractivity contribution in [1.82, 2.24) is 9.13 Å². The summed E-state index contributed by atoms with van der Waals surface area (Å²) in [7, 11) is 0. The van der Waals surface area contributed by atoms with Crippen LogP contribution in [-0.4, -0.2) is 15.0 Å². The Morgan fingerprint density at radius 3 is 2.56 bits per heavy atom. The zero-order chi connectivity index (χ0) is 29.5. The molecule has 4 heterocycles. The summed E-state index contributed by atoms with van der Waals surface area (Å²) in [6.07, 6.45) is 3.83. The Balaban J connectivity index is 1.34. The number of hydrogen-bond acceptors (Lipinski definition) is 5. The fourth-order valence-electron chi connectivity index (χ4n) is 5.52. The average molecular weight is 605 g/mol. The fraction of sp³-hybridized carbons (Fsp3) is 0.0882. The van der Waals surface area contributed by atoms with Gasteiger partial charge >= 0.3 is 0 Å². The number of nitrogens with zero attached hydrogens (tertiary/aromatic N) is 3. The molecule has 6 nitrogen and oxygen atoms in total. The van der Waals surface area contributed by atoms with E-state index < -0.39 is 6.04 Å². The molecule has 0 saturated carbocycles. The van der Waals surface area contributed by atoms with E-state index in [0.717, 1.165) is 21.3 Å². The van der Waals surface area contributed by atoms with Gasteiger partial charge in [0.2, 0.25) is 0 Å². The molecule has 9 heteroatoms. The minimum Gasteiger partial charge on any atom is -0.342 e. The van der Waals surface area contributed by atoms with Crippen LogP contribution in [0.15, 0.2) is 124 Å². The number of thiazole rings is 1. The summed E-state index contributed by atoms with van der Waals surface area (Å²) in [5, 5.41) is 5.88. The Morgan fingerprint density at radius 1 is 1.00 bits per heavy atom. The Kier molecular flexibility index (Phi) is 6.96. The lowest BCUT2D eigenvalue weighted by Crippen LogP contribution is -2.40. The SMILES string of the molecule is CC1=C(C(=O)Nc2ccccc2)[C@H](c2cccs2)n2c(s/c(=C\c3cn(Cc4ccccc4F)c4ccccc34)c2=O)=N1. The predicted molar refractivity (Wildman–Crippen MR) is 171 cm³/mol. The van der Waals surface area contributed by atoms with Gasteiger partial charge in [0.1, 0.15) is 11.9 Å². The van der Waals surface area contributed by atoms with Crippen LogP contribution in [-0.2, 0) is 11.3 Å². The molecule has 0 radical (unpaired) electrons. The van der Waals surface area contributed by atoms with Crippen molar-refractivity contribution >= 4 is 51.2 Å². The van der Waals surface area contributed by atoms with Crippen LogP contribution in [0.25, 0.3) is 17.0 Å². The molecule has 43 heavy (non-hydrogen) atoms. The average Bonchev–Trinajstić information content (AvgIpc) is 3.74. The first-order valence-electron chi connectivity index (χ1n) is 13.7. The van der Waals surface area contributed by atoms with Crippen LogP contribution in [0.1, 0.15) is 29.0 Å². The highest BCUT2D eigenvalue weighted by Gasteiger charge is 2.33. The molecular formula is C34H25FN4O2S2. The van der Waals surface area contributed by atoms with E-state index in [9.17, 15) is 14.0 Å². The molecule has 1 aliphatic rings. The smallest absolute Gasteiger partial charge is 0.271 e. The summed E-state index contributed by atoms with van der Waals surface area (Å²) in [6.45, 7) is 2.17. The van der Waals surface area contributed by atoms with E-state index in [2.05, 4.69) is 5.32 Å². The summed E-state index contributed by atoms with van der Waals surface area (Å²) in [4.78, 5) is 33.9. The number of carbonyl (C=O) groups is 1. The number of para-hydroxylation sites is 2. The van der Waals surface area contributed by atoms with Crippen molar-refractivity contribution in [2.45, 2.75) is 19.5 Å². The summed E-state index contributed by atoms with van der Waals surface area (Å²) >= 11 is 2.80. The maximum absolute atomic E-state index is 14.5. The van der Waals surface area contributed by atoms with Crippen LogP contribution >= 0.6 is 22.7 Å². The third-order valence-corrected chi connectivity index (χ3v) is 9.42. The number of hydrogen-bond donors (Lipinski definition) is 1. The summed E-state index contributed by atoms with van der Waals surface area (Å²) in [5.41, 5.74) is 3.84. The van der Waals surface area contributed by atoms with Gasteiger partial charge in [0.05, 0.1) is 22.3 Å². The molecule has 3 aromatic heterocycles. The molecule has 6 aromatic rings. The summed E-state index contributed by atoms with van der Waals surface area (Å²) < 4.78 is 18.6. The van der Waals surface area contributed by atoms with Crippen molar-refractivity contribution in [3.63, 3.8) is 0 Å². The maximum atomic E-state index is 14.5. The highest BCUT2D eigenvalue weighted by molar-refractivity contribution is 7.10. The second kappa shape index (κ2) is 11.1. The maximum Gasteiger partial charge on any atom is 0.271 e. The van der Waals surface area contributed by atoms with E-state index >= 15 is 0 Å². The summed E-state index contributed by atoms with van der Waals surface area (Å²) in [6, 6.07) is 27.1. The van der Waals surface area contributed by atoms with Gasteiger partial charge in [-0.05, 0) is 48.7 Å². The van der Waals surface area contributed by atoms with Crippen LogP contribution < -0.4 is 20.2 Å². The summed E-state index contributed by atoms with van der Waals surface area (Å²) in [5.74, 6) is -0.553. The van der Waals surface area contributed by atoms with Crippen LogP contribution in [0.3, 0.4) is 0 Å². The molecule has 1 atom stereocenters. The molecule has 1 aliphatic heterocycles. The lowest BCUT2D eigenvalue weighted by atomic mass is 10.0. The first-order valence-corrected chi connectivity index (χ1v) is 15.4. The van der Waals surface area contributed by atoms with E-state index in [1.54, 1.807) is 16.7 Å². The van der Waals surface area contributed by atoms with Crippen molar-refractivity contribution in [1.29, 1.82) is 0 Å². The largest absolute Gasteiger partial charge is 0.342 e.